The standard InChI is InChI=1S/C30H29F3N4O3/c1-29(40,21-3-2-4-22(15-21)30(31,32)33)20-9-7-16(8-10-20)24-25-26(34)35-11-12-37(25)27(36-24)19-13-17-5-6-18(14-19)23(17)28(38)39/h2-4,7-12,15,17-19,23,40H,5-6,13-14H2,1H3,(H2,34,35)(H,38,39)/t17-,18+,19?,23?,29-/m1/s1. The van der Waals surface area contributed by atoms with Crippen LogP contribution in [0, 0.1) is 17.8 Å². The van der Waals surface area contributed by atoms with E-state index in [1.54, 1.807) is 30.5 Å². The van der Waals surface area contributed by atoms with Gasteiger partial charge in [0, 0.05) is 23.9 Å². The van der Waals surface area contributed by atoms with Crippen LogP contribution in [-0.4, -0.2) is 30.6 Å². The predicted molar refractivity (Wildman–Crippen MR) is 142 cm³/mol. The number of imidazole rings is 1. The van der Waals surface area contributed by atoms with Gasteiger partial charge in [0.05, 0.1) is 11.5 Å². The number of nitrogens with zero attached hydrogens (tertiary/aromatic N) is 3. The second-order valence-corrected chi connectivity index (χ2v) is 11.2. The van der Waals surface area contributed by atoms with Crippen LogP contribution in [0.3, 0.4) is 0 Å². The van der Waals surface area contributed by atoms with Gasteiger partial charge in [0.25, 0.3) is 0 Å². The Morgan fingerprint density at radius 2 is 1.68 bits per heavy atom. The van der Waals surface area contributed by atoms with Crippen LogP contribution in [0.2, 0.25) is 0 Å². The normalized spacial score (nSPS) is 24.2. The summed E-state index contributed by atoms with van der Waals surface area (Å²) in [5.41, 5.74) is 6.34. The van der Waals surface area contributed by atoms with Crippen molar-refractivity contribution in [3.05, 3.63) is 83.4 Å². The minimum atomic E-state index is -4.52. The fourth-order valence-corrected chi connectivity index (χ4v) is 6.84. The van der Waals surface area contributed by atoms with Gasteiger partial charge in [-0.15, -0.1) is 0 Å². The Balaban J connectivity index is 1.36. The molecule has 2 aromatic heterocycles. The molecule has 2 unspecified atom stereocenters. The Morgan fingerprint density at radius 1 is 1.02 bits per heavy atom. The fraction of sp³-hybridized carbons (Fsp3) is 0.367. The third-order valence-corrected chi connectivity index (χ3v) is 8.83. The first kappa shape index (κ1) is 26.3. The molecule has 10 heteroatoms. The highest BCUT2D eigenvalue weighted by molar-refractivity contribution is 5.85. The number of carboxylic acid groups (broad SMARTS) is 1. The summed E-state index contributed by atoms with van der Waals surface area (Å²) in [5, 5.41) is 21.0. The average molecular weight is 551 g/mol. The Hall–Kier alpha value is -3.92. The molecule has 40 heavy (non-hydrogen) atoms. The molecule has 2 saturated carbocycles. The number of halogens is 3. The van der Waals surface area contributed by atoms with E-state index in [1.807, 2.05) is 10.6 Å². The van der Waals surface area contributed by atoms with Crippen molar-refractivity contribution in [1.29, 1.82) is 0 Å². The largest absolute Gasteiger partial charge is 0.481 e. The van der Waals surface area contributed by atoms with Crippen molar-refractivity contribution < 1.29 is 28.2 Å². The summed E-state index contributed by atoms with van der Waals surface area (Å²) < 4.78 is 41.7. The maximum absolute atomic E-state index is 13.3. The lowest BCUT2D eigenvalue weighted by atomic mass is 9.73. The number of hydrogen-bond donors (Lipinski definition) is 3. The van der Waals surface area contributed by atoms with Crippen LogP contribution in [0.15, 0.2) is 60.9 Å². The topological polar surface area (TPSA) is 114 Å². The number of rotatable bonds is 5. The maximum atomic E-state index is 13.3. The Bertz CT molecular complexity index is 1580. The molecule has 2 fully saturated rings. The number of aromatic nitrogens is 3. The van der Waals surface area contributed by atoms with Crippen LogP contribution < -0.4 is 5.73 Å². The minimum Gasteiger partial charge on any atom is -0.481 e. The van der Waals surface area contributed by atoms with Gasteiger partial charge in [0.1, 0.15) is 28.5 Å². The van der Waals surface area contributed by atoms with Crippen molar-refractivity contribution in [2.45, 2.75) is 50.3 Å². The first-order chi connectivity index (χ1) is 18.9. The van der Waals surface area contributed by atoms with Crippen molar-refractivity contribution in [3.63, 3.8) is 0 Å². The van der Waals surface area contributed by atoms with E-state index in [4.69, 9.17) is 10.7 Å². The molecule has 0 spiro atoms. The van der Waals surface area contributed by atoms with Gasteiger partial charge in [-0.25, -0.2) is 9.97 Å². The molecule has 6 rings (SSSR count). The molecular weight excluding hydrogens is 521 g/mol. The van der Waals surface area contributed by atoms with Crippen molar-refractivity contribution in [3.8, 4) is 11.3 Å². The van der Waals surface area contributed by atoms with E-state index in [9.17, 15) is 28.2 Å². The molecule has 7 nitrogen and oxygen atoms in total. The lowest BCUT2D eigenvalue weighted by molar-refractivity contribution is -0.145. The number of carboxylic acids is 1. The molecule has 0 radical (unpaired) electrons. The summed E-state index contributed by atoms with van der Waals surface area (Å²) in [4.78, 5) is 21.1. The average Bonchev–Trinajstić information content (AvgIpc) is 3.44. The highest BCUT2D eigenvalue weighted by Crippen LogP contribution is 2.52. The first-order valence-electron chi connectivity index (χ1n) is 13.3. The summed E-state index contributed by atoms with van der Waals surface area (Å²) >= 11 is 0. The molecule has 4 aromatic rings. The number of nitrogen functional groups attached to an aromatic ring is 1. The SMILES string of the molecule is C[C@@](O)(c1ccc(-c2nc(C3C[C@H]4CC[C@@H](C3)C4C(=O)O)n3ccnc(N)c23)cc1)c1cccc(C(F)(F)F)c1. The number of carbonyl (C=O) groups is 1. The summed E-state index contributed by atoms with van der Waals surface area (Å²) in [6, 6.07) is 11.6. The molecule has 0 saturated heterocycles. The first-order valence-corrected chi connectivity index (χ1v) is 13.3. The monoisotopic (exact) mass is 550 g/mol. The number of aliphatic carboxylic acids is 1. The maximum Gasteiger partial charge on any atom is 0.416 e. The predicted octanol–water partition coefficient (Wildman–Crippen LogP) is 5.86. The number of anilines is 1. The van der Waals surface area contributed by atoms with Gasteiger partial charge in [0.2, 0.25) is 0 Å². The summed E-state index contributed by atoms with van der Waals surface area (Å²) in [6.45, 7) is 1.46. The number of benzene rings is 2. The Morgan fingerprint density at radius 3 is 2.30 bits per heavy atom. The number of hydrogen-bond acceptors (Lipinski definition) is 5. The molecule has 4 N–H and O–H groups in total. The third kappa shape index (κ3) is 4.30. The zero-order chi connectivity index (χ0) is 28.4. The molecule has 2 bridgehead atoms. The van der Waals surface area contributed by atoms with E-state index in [0.29, 0.717) is 28.2 Å². The molecule has 5 atom stereocenters. The number of alkyl halides is 3. The van der Waals surface area contributed by atoms with E-state index in [0.717, 1.165) is 43.6 Å². The lowest BCUT2D eigenvalue weighted by Crippen LogP contribution is -2.31. The second-order valence-electron chi connectivity index (χ2n) is 11.2. The van der Waals surface area contributed by atoms with Gasteiger partial charge in [-0.05, 0) is 67.7 Å². The van der Waals surface area contributed by atoms with E-state index in [2.05, 4.69) is 4.98 Å². The second kappa shape index (κ2) is 9.33. The van der Waals surface area contributed by atoms with Gasteiger partial charge in [-0.2, -0.15) is 13.2 Å². The van der Waals surface area contributed by atoms with Crippen LogP contribution in [0.1, 0.15) is 61.0 Å². The highest BCUT2D eigenvalue weighted by atomic mass is 19.4. The zero-order valence-corrected chi connectivity index (χ0v) is 21.8. The van der Waals surface area contributed by atoms with Crippen molar-refractivity contribution in [1.82, 2.24) is 14.4 Å². The van der Waals surface area contributed by atoms with Crippen LogP contribution in [0.4, 0.5) is 19.0 Å². The van der Waals surface area contributed by atoms with E-state index < -0.39 is 23.3 Å². The van der Waals surface area contributed by atoms with Gasteiger partial charge in [-0.1, -0.05) is 36.4 Å². The summed E-state index contributed by atoms with van der Waals surface area (Å²) in [6.07, 6.45) is 2.21. The van der Waals surface area contributed by atoms with Crippen molar-refractivity contribution >= 4 is 17.3 Å². The summed E-state index contributed by atoms with van der Waals surface area (Å²) in [7, 11) is 0. The quantitative estimate of drug-likeness (QED) is 0.287. The fourth-order valence-electron chi connectivity index (χ4n) is 6.84. The van der Waals surface area contributed by atoms with E-state index >= 15 is 0 Å². The molecular formula is C30H29F3N4O3. The molecule has 208 valence electrons. The van der Waals surface area contributed by atoms with Gasteiger partial charge in [0.15, 0.2) is 0 Å². The van der Waals surface area contributed by atoms with Crippen LogP contribution in [-0.2, 0) is 16.6 Å². The van der Waals surface area contributed by atoms with Crippen molar-refractivity contribution in [2.24, 2.45) is 17.8 Å². The molecule has 0 amide bonds. The van der Waals surface area contributed by atoms with Crippen LogP contribution in [0.5, 0.6) is 0 Å². The number of aliphatic hydroxyl groups is 1. The molecule has 2 aromatic carbocycles. The molecule has 2 heterocycles. The van der Waals surface area contributed by atoms with E-state index in [-0.39, 0.29) is 29.2 Å². The van der Waals surface area contributed by atoms with Crippen LogP contribution >= 0.6 is 0 Å². The molecule has 0 aliphatic heterocycles. The summed E-state index contributed by atoms with van der Waals surface area (Å²) in [5.74, 6) is 0.428. The van der Waals surface area contributed by atoms with E-state index in [1.165, 1.54) is 19.1 Å². The van der Waals surface area contributed by atoms with Gasteiger partial charge in [-0.3, -0.25) is 9.20 Å². The highest BCUT2D eigenvalue weighted by Gasteiger charge is 2.47. The van der Waals surface area contributed by atoms with Gasteiger partial charge >= 0.3 is 12.1 Å². The molecule has 2 aliphatic carbocycles. The molecule has 2 aliphatic rings. The third-order valence-electron chi connectivity index (χ3n) is 8.83. The number of fused-ring (bicyclic) bond motifs is 3. The Labute approximate surface area is 228 Å². The zero-order valence-electron chi connectivity index (χ0n) is 21.8. The number of nitrogens with two attached hydrogens (primary N) is 1. The lowest BCUT2D eigenvalue weighted by Gasteiger charge is -2.32. The van der Waals surface area contributed by atoms with Crippen molar-refractivity contribution in [2.75, 3.05) is 5.73 Å². The van der Waals surface area contributed by atoms with Gasteiger partial charge < -0.3 is 15.9 Å². The smallest absolute Gasteiger partial charge is 0.416 e. The Kier molecular flexibility index (Phi) is 6.14. The minimum absolute atomic E-state index is 0.0806. The van der Waals surface area contributed by atoms with Crippen LogP contribution in [0.25, 0.3) is 16.8 Å².